The minimum atomic E-state index is -3.84. The molecule has 0 saturated heterocycles. The van der Waals surface area contributed by atoms with Gasteiger partial charge in [0.05, 0.1) is 10.6 Å². The Morgan fingerprint density at radius 3 is 2.32 bits per heavy atom. The zero-order valence-corrected chi connectivity index (χ0v) is 19.1. The second-order valence-electron chi connectivity index (χ2n) is 7.86. The van der Waals surface area contributed by atoms with Crippen LogP contribution in [0.3, 0.4) is 0 Å². The van der Waals surface area contributed by atoms with E-state index in [2.05, 4.69) is 10.0 Å². The molecule has 0 bridgehead atoms. The number of carbonyl (C=O) groups excluding carboxylic acids is 1. The molecule has 1 atom stereocenters. The van der Waals surface area contributed by atoms with Crippen molar-refractivity contribution < 1.29 is 13.2 Å². The van der Waals surface area contributed by atoms with Crippen LogP contribution in [-0.2, 0) is 10.0 Å². The summed E-state index contributed by atoms with van der Waals surface area (Å²) in [5, 5.41) is 2.91. The van der Waals surface area contributed by atoms with Crippen LogP contribution in [-0.4, -0.2) is 20.9 Å². The van der Waals surface area contributed by atoms with Crippen LogP contribution < -0.4 is 10.0 Å². The first-order chi connectivity index (χ1) is 14.7. The number of benzene rings is 3. The lowest BCUT2D eigenvalue weighted by Crippen LogP contribution is -2.28. The van der Waals surface area contributed by atoms with Gasteiger partial charge in [0.25, 0.3) is 15.9 Å². The van der Waals surface area contributed by atoms with E-state index in [1.54, 1.807) is 25.1 Å². The van der Waals surface area contributed by atoms with Crippen molar-refractivity contribution in [3.63, 3.8) is 0 Å². The molecule has 0 heterocycles. The van der Waals surface area contributed by atoms with Gasteiger partial charge in [-0.15, -0.1) is 0 Å². The molecule has 0 aliphatic rings. The molecular formula is C25H28N2O3S. The summed E-state index contributed by atoms with van der Waals surface area (Å²) < 4.78 is 28.8. The summed E-state index contributed by atoms with van der Waals surface area (Å²) in [4.78, 5) is 12.8. The van der Waals surface area contributed by atoms with E-state index < -0.39 is 10.0 Å². The molecule has 1 amide bonds. The highest BCUT2D eigenvalue weighted by Crippen LogP contribution is 2.24. The van der Waals surface area contributed by atoms with Gasteiger partial charge in [0.1, 0.15) is 0 Å². The van der Waals surface area contributed by atoms with Gasteiger partial charge in [0, 0.05) is 12.1 Å². The summed E-state index contributed by atoms with van der Waals surface area (Å²) in [5.41, 5.74) is 4.42. The number of sulfonamides is 1. The topological polar surface area (TPSA) is 75.3 Å². The van der Waals surface area contributed by atoms with Crippen molar-refractivity contribution in [1.82, 2.24) is 5.32 Å². The van der Waals surface area contributed by atoms with Crippen LogP contribution in [0, 0.1) is 20.8 Å². The van der Waals surface area contributed by atoms with Gasteiger partial charge in [-0.3, -0.25) is 9.52 Å². The Labute approximate surface area is 184 Å². The van der Waals surface area contributed by atoms with E-state index in [1.165, 1.54) is 6.07 Å². The number of rotatable bonds is 7. The van der Waals surface area contributed by atoms with Crippen molar-refractivity contribution in [2.45, 2.75) is 38.5 Å². The van der Waals surface area contributed by atoms with Gasteiger partial charge >= 0.3 is 0 Å². The first kappa shape index (κ1) is 22.6. The zero-order chi connectivity index (χ0) is 22.6. The van der Waals surface area contributed by atoms with Crippen LogP contribution in [0.5, 0.6) is 0 Å². The zero-order valence-electron chi connectivity index (χ0n) is 18.3. The molecule has 0 aromatic heterocycles. The predicted octanol–water partition coefficient (Wildman–Crippen LogP) is 4.95. The van der Waals surface area contributed by atoms with Crippen LogP contribution in [0.15, 0.2) is 71.6 Å². The Balaban J connectivity index is 1.79. The molecular weight excluding hydrogens is 408 g/mol. The molecule has 31 heavy (non-hydrogen) atoms. The van der Waals surface area contributed by atoms with Crippen molar-refractivity contribution in [1.29, 1.82) is 0 Å². The standard InChI is InChI=1S/C25H28N2O3S/c1-17-9-8-12-23(20(17)4)27-31(29,30)24-15-22(14-13-18(24)2)25(28)26-16-19(3)21-10-6-5-7-11-21/h5-15,19,27H,16H2,1-4H3,(H,26,28)/t19-/m0/s1. The molecule has 3 rings (SSSR count). The first-order valence-corrected chi connectivity index (χ1v) is 11.7. The number of hydrogen-bond donors (Lipinski definition) is 2. The fourth-order valence-electron chi connectivity index (χ4n) is 3.34. The third kappa shape index (κ3) is 5.33. The van der Waals surface area contributed by atoms with Gasteiger partial charge in [-0.1, -0.05) is 55.5 Å². The lowest BCUT2D eigenvalue weighted by molar-refractivity contribution is 0.0951. The number of anilines is 1. The van der Waals surface area contributed by atoms with Crippen molar-refractivity contribution in [2.24, 2.45) is 0 Å². The maximum atomic E-state index is 13.1. The van der Waals surface area contributed by atoms with Gasteiger partial charge in [0.2, 0.25) is 0 Å². The average molecular weight is 437 g/mol. The lowest BCUT2D eigenvalue weighted by atomic mass is 10.0. The van der Waals surface area contributed by atoms with Crippen molar-refractivity contribution >= 4 is 21.6 Å². The van der Waals surface area contributed by atoms with E-state index in [0.717, 1.165) is 16.7 Å². The summed E-state index contributed by atoms with van der Waals surface area (Å²) in [7, 11) is -3.84. The Morgan fingerprint density at radius 2 is 1.61 bits per heavy atom. The molecule has 5 nitrogen and oxygen atoms in total. The summed E-state index contributed by atoms with van der Waals surface area (Å²) in [6, 6.07) is 20.1. The van der Waals surface area contributed by atoms with Crippen LogP contribution in [0.4, 0.5) is 5.69 Å². The largest absolute Gasteiger partial charge is 0.351 e. The van der Waals surface area contributed by atoms with E-state index in [1.807, 2.05) is 63.2 Å². The SMILES string of the molecule is Cc1ccc(C(=O)NC[C@H](C)c2ccccc2)cc1S(=O)(=O)Nc1cccc(C)c1C. The molecule has 6 heteroatoms. The number of carbonyl (C=O) groups is 1. The third-order valence-electron chi connectivity index (χ3n) is 5.53. The Kier molecular flexibility index (Phi) is 6.81. The van der Waals surface area contributed by atoms with Gasteiger partial charge in [-0.25, -0.2) is 8.42 Å². The second-order valence-corrected chi connectivity index (χ2v) is 9.51. The normalized spacial score (nSPS) is 12.3. The number of hydrogen-bond acceptors (Lipinski definition) is 3. The van der Waals surface area contributed by atoms with E-state index in [4.69, 9.17) is 0 Å². The molecule has 162 valence electrons. The van der Waals surface area contributed by atoms with Gasteiger partial charge < -0.3 is 5.32 Å². The van der Waals surface area contributed by atoms with Gasteiger partial charge in [0.15, 0.2) is 0 Å². The Morgan fingerprint density at radius 1 is 0.903 bits per heavy atom. The minimum Gasteiger partial charge on any atom is -0.351 e. The predicted molar refractivity (Wildman–Crippen MR) is 125 cm³/mol. The highest BCUT2D eigenvalue weighted by molar-refractivity contribution is 7.92. The highest BCUT2D eigenvalue weighted by atomic mass is 32.2. The van der Waals surface area contributed by atoms with Crippen LogP contribution in [0.2, 0.25) is 0 Å². The summed E-state index contributed by atoms with van der Waals surface area (Å²) >= 11 is 0. The van der Waals surface area contributed by atoms with E-state index >= 15 is 0 Å². The van der Waals surface area contributed by atoms with Crippen LogP contribution in [0.1, 0.15) is 45.5 Å². The van der Waals surface area contributed by atoms with E-state index in [9.17, 15) is 13.2 Å². The van der Waals surface area contributed by atoms with Crippen molar-refractivity contribution in [2.75, 3.05) is 11.3 Å². The molecule has 3 aromatic carbocycles. The van der Waals surface area contributed by atoms with Gasteiger partial charge in [-0.2, -0.15) is 0 Å². The fourth-order valence-corrected chi connectivity index (χ4v) is 4.73. The minimum absolute atomic E-state index is 0.0946. The summed E-state index contributed by atoms with van der Waals surface area (Å²) in [5.74, 6) is -0.157. The van der Waals surface area contributed by atoms with Crippen molar-refractivity contribution in [3.05, 3.63) is 94.5 Å². The smallest absolute Gasteiger partial charge is 0.262 e. The van der Waals surface area contributed by atoms with E-state index in [-0.39, 0.29) is 16.7 Å². The molecule has 3 aromatic rings. The highest BCUT2D eigenvalue weighted by Gasteiger charge is 2.20. The van der Waals surface area contributed by atoms with Crippen molar-refractivity contribution in [3.8, 4) is 0 Å². The number of nitrogens with one attached hydrogen (secondary N) is 2. The quantitative estimate of drug-likeness (QED) is 0.550. The Bertz CT molecular complexity index is 1190. The lowest BCUT2D eigenvalue weighted by Gasteiger charge is -2.15. The number of amides is 1. The average Bonchev–Trinajstić information content (AvgIpc) is 2.75. The molecule has 0 saturated carbocycles. The van der Waals surface area contributed by atoms with Crippen LogP contribution in [0.25, 0.3) is 0 Å². The molecule has 2 N–H and O–H groups in total. The first-order valence-electron chi connectivity index (χ1n) is 10.2. The monoisotopic (exact) mass is 436 g/mol. The summed E-state index contributed by atoms with van der Waals surface area (Å²) in [6.07, 6.45) is 0. The maximum absolute atomic E-state index is 13.1. The Hall–Kier alpha value is -3.12. The van der Waals surface area contributed by atoms with E-state index in [0.29, 0.717) is 23.4 Å². The molecule has 0 radical (unpaired) electrons. The molecule has 0 aliphatic carbocycles. The maximum Gasteiger partial charge on any atom is 0.262 e. The molecule has 0 unspecified atom stereocenters. The molecule has 0 spiro atoms. The molecule has 0 aliphatic heterocycles. The van der Waals surface area contributed by atoms with Gasteiger partial charge in [-0.05, 0) is 67.1 Å². The second kappa shape index (κ2) is 9.35. The third-order valence-corrected chi connectivity index (χ3v) is 7.03. The van der Waals surface area contributed by atoms with Crippen LogP contribution >= 0.6 is 0 Å². The molecule has 0 fully saturated rings. The fraction of sp³-hybridized carbons (Fsp3) is 0.240. The summed E-state index contributed by atoms with van der Waals surface area (Å²) in [6.45, 7) is 8.02. The number of aryl methyl sites for hydroxylation is 2.